The third-order valence-electron chi connectivity index (χ3n) is 4.69. The molecule has 2 aromatic rings. The highest BCUT2D eigenvalue weighted by Gasteiger charge is 2.36. The van der Waals surface area contributed by atoms with E-state index in [0.717, 1.165) is 43.0 Å². The van der Waals surface area contributed by atoms with E-state index in [1.807, 2.05) is 13.0 Å². The number of methoxy groups -OCH3 is 1. The van der Waals surface area contributed by atoms with Crippen molar-refractivity contribution >= 4 is 0 Å². The molecule has 3 heterocycles. The van der Waals surface area contributed by atoms with E-state index in [1.54, 1.807) is 13.2 Å². The average Bonchev–Trinajstić information content (AvgIpc) is 2.86. The standard InChI is InChI=1S/C17H19NO3/c1-10-7-12-5-6-18-9-13-11(8-14(18)16(12)21-10)3-4-15(19)17(13)20-2/h3-4,7,14,19H,5-6,8-9H2,1-2H3. The van der Waals surface area contributed by atoms with E-state index in [9.17, 15) is 5.11 Å². The van der Waals surface area contributed by atoms with Crippen molar-refractivity contribution in [2.75, 3.05) is 13.7 Å². The van der Waals surface area contributed by atoms with E-state index < -0.39 is 0 Å². The first-order chi connectivity index (χ1) is 10.2. The Bertz CT molecular complexity index is 704. The lowest BCUT2D eigenvalue weighted by Crippen LogP contribution is -2.39. The lowest BCUT2D eigenvalue weighted by atomic mass is 9.87. The summed E-state index contributed by atoms with van der Waals surface area (Å²) in [5.74, 6) is 2.96. The second kappa shape index (κ2) is 4.53. The van der Waals surface area contributed by atoms with E-state index in [4.69, 9.17) is 9.15 Å². The molecule has 21 heavy (non-hydrogen) atoms. The number of ether oxygens (including phenoxy) is 1. The van der Waals surface area contributed by atoms with E-state index in [-0.39, 0.29) is 5.75 Å². The molecule has 4 heteroatoms. The molecule has 1 aromatic carbocycles. The molecule has 0 radical (unpaired) electrons. The van der Waals surface area contributed by atoms with Crippen LogP contribution in [0.5, 0.6) is 11.5 Å². The Hall–Kier alpha value is -1.94. The zero-order valence-electron chi connectivity index (χ0n) is 12.3. The molecule has 2 aliphatic heterocycles. The molecule has 110 valence electrons. The Labute approximate surface area is 123 Å². The quantitative estimate of drug-likeness (QED) is 0.875. The van der Waals surface area contributed by atoms with Crippen molar-refractivity contribution in [1.29, 1.82) is 0 Å². The second-order valence-corrected chi connectivity index (χ2v) is 5.94. The van der Waals surface area contributed by atoms with Gasteiger partial charge in [-0.2, -0.15) is 0 Å². The van der Waals surface area contributed by atoms with E-state index in [1.165, 1.54) is 11.1 Å². The van der Waals surface area contributed by atoms with Gasteiger partial charge in [-0.15, -0.1) is 0 Å². The molecule has 4 rings (SSSR count). The minimum Gasteiger partial charge on any atom is -0.504 e. The molecule has 0 amide bonds. The van der Waals surface area contributed by atoms with Gasteiger partial charge in [0.25, 0.3) is 0 Å². The van der Waals surface area contributed by atoms with E-state index in [0.29, 0.717) is 11.8 Å². The van der Waals surface area contributed by atoms with Gasteiger partial charge in [0.2, 0.25) is 0 Å². The molecule has 4 nitrogen and oxygen atoms in total. The molecule has 1 N–H and O–H groups in total. The van der Waals surface area contributed by atoms with Crippen LogP contribution in [0.4, 0.5) is 0 Å². The van der Waals surface area contributed by atoms with Gasteiger partial charge in [0.15, 0.2) is 11.5 Å². The summed E-state index contributed by atoms with van der Waals surface area (Å²) in [6, 6.07) is 6.21. The number of furan rings is 1. The largest absolute Gasteiger partial charge is 0.504 e. The molecule has 1 unspecified atom stereocenters. The van der Waals surface area contributed by atoms with Gasteiger partial charge in [0.1, 0.15) is 11.5 Å². The number of fused-ring (bicyclic) bond motifs is 4. The van der Waals surface area contributed by atoms with Gasteiger partial charge in [-0.3, -0.25) is 4.90 Å². The highest BCUT2D eigenvalue weighted by Crippen LogP contribution is 2.43. The Morgan fingerprint density at radius 1 is 1.33 bits per heavy atom. The molecule has 0 saturated heterocycles. The van der Waals surface area contributed by atoms with Crippen LogP contribution in [0.1, 0.15) is 34.3 Å². The number of aromatic hydroxyl groups is 1. The lowest BCUT2D eigenvalue weighted by molar-refractivity contribution is 0.135. The van der Waals surface area contributed by atoms with E-state index >= 15 is 0 Å². The zero-order chi connectivity index (χ0) is 14.6. The van der Waals surface area contributed by atoms with Crippen LogP contribution in [0, 0.1) is 6.92 Å². The number of phenolic OH excluding ortho intramolecular Hbond substituents is 1. The Morgan fingerprint density at radius 2 is 2.19 bits per heavy atom. The number of hydrogen-bond donors (Lipinski definition) is 1. The number of benzene rings is 1. The maximum absolute atomic E-state index is 9.96. The topological polar surface area (TPSA) is 45.8 Å². The molecule has 1 atom stereocenters. The minimum atomic E-state index is 0.223. The molecule has 1 aromatic heterocycles. The zero-order valence-corrected chi connectivity index (χ0v) is 12.3. The van der Waals surface area contributed by atoms with E-state index in [2.05, 4.69) is 11.0 Å². The van der Waals surface area contributed by atoms with Gasteiger partial charge in [0.05, 0.1) is 13.2 Å². The van der Waals surface area contributed by atoms with Crippen molar-refractivity contribution in [3.8, 4) is 11.5 Å². The average molecular weight is 285 g/mol. The van der Waals surface area contributed by atoms with Gasteiger partial charge < -0.3 is 14.3 Å². The number of hydrogen-bond acceptors (Lipinski definition) is 4. The minimum absolute atomic E-state index is 0.223. The van der Waals surface area contributed by atoms with Crippen molar-refractivity contribution in [3.63, 3.8) is 0 Å². The van der Waals surface area contributed by atoms with Gasteiger partial charge in [-0.25, -0.2) is 0 Å². The molecular formula is C17H19NO3. The van der Waals surface area contributed by atoms with Crippen molar-refractivity contribution in [2.24, 2.45) is 0 Å². The summed E-state index contributed by atoms with van der Waals surface area (Å²) in [6.45, 7) is 3.84. The predicted molar refractivity (Wildman–Crippen MR) is 78.7 cm³/mol. The summed E-state index contributed by atoms with van der Waals surface area (Å²) < 4.78 is 11.3. The van der Waals surface area contributed by atoms with Crippen molar-refractivity contribution < 1.29 is 14.3 Å². The summed E-state index contributed by atoms with van der Waals surface area (Å²) in [7, 11) is 1.62. The molecule has 0 saturated carbocycles. The third kappa shape index (κ3) is 1.86. The monoisotopic (exact) mass is 285 g/mol. The molecule has 0 fully saturated rings. The van der Waals surface area contributed by atoms with Crippen LogP contribution in [0.15, 0.2) is 22.6 Å². The summed E-state index contributed by atoms with van der Waals surface area (Å²) >= 11 is 0. The van der Waals surface area contributed by atoms with Crippen LogP contribution in [0.2, 0.25) is 0 Å². The Kier molecular flexibility index (Phi) is 2.76. The molecule has 0 bridgehead atoms. The summed E-state index contributed by atoms with van der Waals surface area (Å²) in [5.41, 5.74) is 3.70. The number of aryl methyl sites for hydroxylation is 1. The third-order valence-corrected chi connectivity index (χ3v) is 4.69. The fourth-order valence-corrected chi connectivity index (χ4v) is 3.72. The predicted octanol–water partition coefficient (Wildman–Crippen LogP) is 2.96. The van der Waals surface area contributed by atoms with Crippen LogP contribution in [-0.4, -0.2) is 23.7 Å². The van der Waals surface area contributed by atoms with Crippen molar-refractivity contribution in [3.05, 3.63) is 46.4 Å². The maximum atomic E-state index is 9.96. The van der Waals surface area contributed by atoms with Gasteiger partial charge in [0, 0.05) is 18.7 Å². The lowest BCUT2D eigenvalue weighted by Gasteiger charge is -2.39. The van der Waals surface area contributed by atoms with Crippen LogP contribution >= 0.6 is 0 Å². The first-order valence-corrected chi connectivity index (χ1v) is 7.38. The van der Waals surface area contributed by atoms with Crippen molar-refractivity contribution in [2.45, 2.75) is 32.4 Å². The highest BCUT2D eigenvalue weighted by molar-refractivity contribution is 5.51. The Balaban J connectivity index is 1.78. The first kappa shape index (κ1) is 12.8. The molecule has 0 spiro atoms. The smallest absolute Gasteiger partial charge is 0.165 e. The van der Waals surface area contributed by atoms with Crippen LogP contribution in [0.3, 0.4) is 0 Å². The van der Waals surface area contributed by atoms with Crippen LogP contribution < -0.4 is 4.74 Å². The number of phenols is 1. The van der Waals surface area contributed by atoms with Crippen LogP contribution in [-0.2, 0) is 19.4 Å². The van der Waals surface area contributed by atoms with Crippen molar-refractivity contribution in [1.82, 2.24) is 4.90 Å². The summed E-state index contributed by atoms with van der Waals surface area (Å²) in [5, 5.41) is 9.96. The van der Waals surface area contributed by atoms with Gasteiger partial charge >= 0.3 is 0 Å². The fourth-order valence-electron chi connectivity index (χ4n) is 3.72. The highest BCUT2D eigenvalue weighted by atomic mass is 16.5. The number of rotatable bonds is 1. The Morgan fingerprint density at radius 3 is 3.00 bits per heavy atom. The SMILES string of the molecule is COc1c(O)ccc2c1CN1CCc3cc(C)oc3C1C2. The molecule has 2 aliphatic rings. The van der Waals surface area contributed by atoms with Crippen LogP contribution in [0.25, 0.3) is 0 Å². The molecular weight excluding hydrogens is 266 g/mol. The fraction of sp³-hybridized carbons (Fsp3) is 0.412. The number of nitrogens with zero attached hydrogens (tertiary/aromatic N) is 1. The summed E-state index contributed by atoms with van der Waals surface area (Å²) in [4.78, 5) is 2.43. The first-order valence-electron chi connectivity index (χ1n) is 7.38. The van der Waals surface area contributed by atoms with Gasteiger partial charge in [-0.05, 0) is 43.0 Å². The molecule has 0 aliphatic carbocycles. The second-order valence-electron chi connectivity index (χ2n) is 5.94. The maximum Gasteiger partial charge on any atom is 0.165 e. The van der Waals surface area contributed by atoms with Gasteiger partial charge in [-0.1, -0.05) is 6.07 Å². The summed E-state index contributed by atoms with van der Waals surface area (Å²) in [6.07, 6.45) is 1.94. The normalized spacial score (nSPS) is 20.6.